The van der Waals surface area contributed by atoms with Crippen molar-refractivity contribution in [2.45, 2.75) is 12.8 Å². The largest absolute Gasteiger partial charge is 0.497 e. The molecule has 0 fully saturated rings. The molecule has 102 valence electrons. The Morgan fingerprint density at radius 3 is 2.79 bits per heavy atom. The zero-order valence-corrected chi connectivity index (χ0v) is 13.2. The van der Waals surface area contributed by atoms with Crippen molar-refractivity contribution < 1.29 is 9.84 Å². The third kappa shape index (κ3) is 4.06. The number of rotatable bonds is 6. The summed E-state index contributed by atoms with van der Waals surface area (Å²) < 4.78 is 6.37. The van der Waals surface area contributed by atoms with Crippen molar-refractivity contribution in [1.82, 2.24) is 0 Å². The van der Waals surface area contributed by atoms with E-state index in [9.17, 15) is 5.11 Å². The van der Waals surface area contributed by atoms with Crippen LogP contribution in [-0.4, -0.2) is 18.8 Å². The van der Waals surface area contributed by atoms with Gasteiger partial charge in [-0.15, -0.1) is 11.3 Å². The van der Waals surface area contributed by atoms with E-state index < -0.39 is 0 Å². The van der Waals surface area contributed by atoms with Gasteiger partial charge in [-0.25, -0.2) is 0 Å². The molecule has 2 aromatic rings. The Morgan fingerprint density at radius 1 is 1.32 bits per heavy atom. The number of hydrogen-bond donors (Lipinski definition) is 1. The second-order valence-corrected chi connectivity index (χ2v) is 6.36. The van der Waals surface area contributed by atoms with Gasteiger partial charge in [0.15, 0.2) is 0 Å². The van der Waals surface area contributed by atoms with Crippen LogP contribution in [0.15, 0.2) is 40.2 Å². The molecule has 0 aliphatic heterocycles. The Hall–Kier alpha value is -0.840. The molecule has 0 aliphatic rings. The first-order valence-corrected chi connectivity index (χ1v) is 7.86. The van der Waals surface area contributed by atoms with E-state index in [1.54, 1.807) is 18.4 Å². The Morgan fingerprint density at radius 2 is 2.16 bits per heavy atom. The van der Waals surface area contributed by atoms with Crippen molar-refractivity contribution in [1.29, 1.82) is 0 Å². The number of aliphatic hydroxyl groups excluding tert-OH is 1. The summed E-state index contributed by atoms with van der Waals surface area (Å²) in [5.74, 6) is 1.11. The normalized spacial score (nSPS) is 12.4. The fraction of sp³-hybridized carbons (Fsp3) is 0.333. The van der Waals surface area contributed by atoms with Crippen molar-refractivity contribution in [2.24, 2.45) is 5.92 Å². The molecule has 0 radical (unpaired) electrons. The zero-order chi connectivity index (χ0) is 13.7. The molecule has 0 spiro atoms. The van der Waals surface area contributed by atoms with Crippen LogP contribution in [0.25, 0.3) is 0 Å². The fourth-order valence-electron chi connectivity index (χ4n) is 2.07. The number of halogens is 1. The van der Waals surface area contributed by atoms with Crippen LogP contribution in [0, 0.1) is 5.92 Å². The summed E-state index contributed by atoms with van der Waals surface area (Å²) in [6.45, 7) is 0.196. The molecule has 1 N–H and O–H groups in total. The van der Waals surface area contributed by atoms with E-state index in [0.717, 1.165) is 23.1 Å². The molecule has 2 nitrogen and oxygen atoms in total. The predicted molar refractivity (Wildman–Crippen MR) is 83.0 cm³/mol. The monoisotopic (exact) mass is 340 g/mol. The van der Waals surface area contributed by atoms with Crippen molar-refractivity contribution in [3.8, 4) is 5.75 Å². The minimum Gasteiger partial charge on any atom is -0.497 e. The van der Waals surface area contributed by atoms with E-state index in [-0.39, 0.29) is 12.5 Å². The molecule has 1 unspecified atom stereocenters. The van der Waals surface area contributed by atoms with E-state index in [0.29, 0.717) is 0 Å². The summed E-state index contributed by atoms with van der Waals surface area (Å²) in [5.41, 5.74) is 1.20. The van der Waals surface area contributed by atoms with Crippen LogP contribution >= 0.6 is 27.3 Å². The number of hydrogen-bond acceptors (Lipinski definition) is 3. The lowest BCUT2D eigenvalue weighted by molar-refractivity contribution is 0.225. The van der Waals surface area contributed by atoms with Crippen LogP contribution in [0.1, 0.15) is 10.4 Å². The first kappa shape index (κ1) is 14.6. The molecule has 1 aromatic carbocycles. The first-order chi connectivity index (χ1) is 9.22. The smallest absolute Gasteiger partial charge is 0.119 e. The average Bonchev–Trinajstić information content (AvgIpc) is 2.83. The molecule has 0 saturated carbocycles. The Kier molecular flexibility index (Phi) is 5.43. The third-order valence-corrected chi connectivity index (χ3v) is 5.03. The Bertz CT molecular complexity index is 524. The number of methoxy groups -OCH3 is 1. The maximum absolute atomic E-state index is 9.56. The SMILES string of the molecule is COc1cccc(CC(CO)Cc2sccc2Br)c1. The van der Waals surface area contributed by atoms with Gasteiger partial charge in [-0.2, -0.15) is 0 Å². The molecular formula is C15H17BrO2S. The summed E-state index contributed by atoms with van der Waals surface area (Å²) >= 11 is 5.27. The Balaban J connectivity index is 2.04. The molecule has 4 heteroatoms. The van der Waals surface area contributed by atoms with Gasteiger partial charge in [-0.3, -0.25) is 0 Å². The molecule has 1 heterocycles. The molecule has 1 atom stereocenters. The van der Waals surface area contributed by atoms with E-state index in [2.05, 4.69) is 33.4 Å². The van der Waals surface area contributed by atoms with Crippen LogP contribution in [0.3, 0.4) is 0 Å². The lowest BCUT2D eigenvalue weighted by Crippen LogP contribution is -2.12. The highest BCUT2D eigenvalue weighted by Gasteiger charge is 2.13. The molecule has 0 bridgehead atoms. The predicted octanol–water partition coefficient (Wildman–Crippen LogP) is 3.91. The van der Waals surface area contributed by atoms with Crippen LogP contribution in [-0.2, 0) is 12.8 Å². The molecule has 19 heavy (non-hydrogen) atoms. The van der Waals surface area contributed by atoms with Crippen molar-refractivity contribution in [3.63, 3.8) is 0 Å². The lowest BCUT2D eigenvalue weighted by Gasteiger charge is -2.14. The third-order valence-electron chi connectivity index (χ3n) is 3.08. The van der Waals surface area contributed by atoms with E-state index in [4.69, 9.17) is 4.74 Å². The molecule has 0 amide bonds. The minimum atomic E-state index is 0.196. The second-order valence-electron chi connectivity index (χ2n) is 4.50. The van der Waals surface area contributed by atoms with Crippen LogP contribution in [0.5, 0.6) is 5.75 Å². The second kappa shape index (κ2) is 7.08. The molecule has 2 rings (SSSR count). The van der Waals surface area contributed by atoms with Crippen molar-refractivity contribution in [2.75, 3.05) is 13.7 Å². The summed E-state index contributed by atoms with van der Waals surface area (Å²) in [5, 5.41) is 11.6. The highest BCUT2D eigenvalue weighted by molar-refractivity contribution is 9.10. The average molecular weight is 341 g/mol. The van der Waals surface area contributed by atoms with Gasteiger partial charge < -0.3 is 9.84 Å². The first-order valence-electron chi connectivity index (χ1n) is 6.18. The van der Waals surface area contributed by atoms with Gasteiger partial charge in [0.1, 0.15) is 5.75 Å². The van der Waals surface area contributed by atoms with E-state index >= 15 is 0 Å². The van der Waals surface area contributed by atoms with Gasteiger partial charge in [0.25, 0.3) is 0 Å². The summed E-state index contributed by atoms with van der Waals surface area (Å²) in [4.78, 5) is 1.29. The topological polar surface area (TPSA) is 29.5 Å². The van der Waals surface area contributed by atoms with Crippen molar-refractivity contribution >= 4 is 27.3 Å². The summed E-state index contributed by atoms with van der Waals surface area (Å²) in [6, 6.07) is 10.1. The Labute approximate surface area is 126 Å². The minimum absolute atomic E-state index is 0.196. The summed E-state index contributed by atoms with van der Waals surface area (Å²) in [7, 11) is 1.67. The number of thiophene rings is 1. The van der Waals surface area contributed by atoms with Crippen LogP contribution < -0.4 is 4.74 Å². The van der Waals surface area contributed by atoms with Gasteiger partial charge >= 0.3 is 0 Å². The van der Waals surface area contributed by atoms with E-state index in [1.807, 2.05) is 18.2 Å². The van der Waals surface area contributed by atoms with Crippen LogP contribution in [0.2, 0.25) is 0 Å². The van der Waals surface area contributed by atoms with Crippen molar-refractivity contribution in [3.05, 3.63) is 50.6 Å². The van der Waals surface area contributed by atoms with Gasteiger partial charge in [0, 0.05) is 16.0 Å². The lowest BCUT2D eigenvalue weighted by atomic mass is 9.96. The maximum Gasteiger partial charge on any atom is 0.119 e. The van der Waals surface area contributed by atoms with Gasteiger partial charge in [-0.1, -0.05) is 12.1 Å². The van der Waals surface area contributed by atoms with E-state index in [1.165, 1.54) is 10.4 Å². The van der Waals surface area contributed by atoms with Gasteiger partial charge in [0.05, 0.1) is 7.11 Å². The molecule has 0 aliphatic carbocycles. The zero-order valence-electron chi connectivity index (χ0n) is 10.8. The molecule has 0 saturated heterocycles. The summed E-state index contributed by atoms with van der Waals surface area (Å²) in [6.07, 6.45) is 1.75. The number of benzene rings is 1. The van der Waals surface area contributed by atoms with Crippen LogP contribution in [0.4, 0.5) is 0 Å². The molecule has 1 aromatic heterocycles. The maximum atomic E-state index is 9.56. The number of aliphatic hydroxyl groups is 1. The number of ether oxygens (including phenoxy) is 1. The standard InChI is InChI=1S/C15H17BrO2S/c1-18-13-4-2-3-11(8-13)7-12(10-17)9-15-14(16)5-6-19-15/h2-6,8,12,17H,7,9-10H2,1H3. The fourth-order valence-corrected chi connectivity index (χ4v) is 3.70. The van der Waals surface area contributed by atoms with Gasteiger partial charge in [-0.05, 0) is 63.8 Å². The highest BCUT2D eigenvalue weighted by Crippen LogP contribution is 2.27. The molecular weight excluding hydrogens is 324 g/mol. The quantitative estimate of drug-likeness (QED) is 0.863. The van der Waals surface area contributed by atoms with Gasteiger partial charge in [0.2, 0.25) is 0 Å². The highest BCUT2D eigenvalue weighted by atomic mass is 79.9.